The van der Waals surface area contributed by atoms with Crippen LogP contribution in [-0.2, 0) is 20.8 Å². The summed E-state index contributed by atoms with van der Waals surface area (Å²) in [6.45, 7) is 0.640. The Bertz CT molecular complexity index is 1250. The maximum Gasteiger partial charge on any atom is 0.416 e. The second-order valence-corrected chi connectivity index (χ2v) is 8.94. The van der Waals surface area contributed by atoms with Gasteiger partial charge in [0.1, 0.15) is 0 Å². The Morgan fingerprint density at radius 1 is 1.07 bits per heavy atom. The van der Waals surface area contributed by atoms with Crippen molar-refractivity contribution in [2.75, 3.05) is 18.0 Å². The van der Waals surface area contributed by atoms with Gasteiger partial charge in [0.2, 0.25) is 9.84 Å². The second kappa shape index (κ2) is 6.98. The van der Waals surface area contributed by atoms with Crippen LogP contribution >= 0.6 is 0 Å². The van der Waals surface area contributed by atoms with Crippen LogP contribution in [0, 0.1) is 5.92 Å². The summed E-state index contributed by atoms with van der Waals surface area (Å²) in [5.41, 5.74) is 0.114. The summed E-state index contributed by atoms with van der Waals surface area (Å²) in [5, 5.41) is 9.52. The molecule has 0 aliphatic carbocycles. The number of nitrogens with zero attached hydrogens (tertiary/aromatic N) is 2. The molecule has 0 spiro atoms. The van der Waals surface area contributed by atoms with Crippen LogP contribution in [-0.4, -0.2) is 37.6 Å². The number of benzene rings is 2. The predicted molar refractivity (Wildman–Crippen MR) is 102 cm³/mol. The van der Waals surface area contributed by atoms with Crippen LogP contribution in [0.3, 0.4) is 0 Å². The Morgan fingerprint density at radius 3 is 2.43 bits per heavy atom. The van der Waals surface area contributed by atoms with Crippen LogP contribution in [0.15, 0.2) is 64.5 Å². The van der Waals surface area contributed by atoms with E-state index in [2.05, 4.69) is 4.98 Å². The number of carboxylic acid groups (broad SMARTS) is 1. The Balaban J connectivity index is 1.72. The van der Waals surface area contributed by atoms with Gasteiger partial charge in [-0.3, -0.25) is 9.78 Å². The van der Waals surface area contributed by atoms with Gasteiger partial charge < -0.3 is 10.0 Å². The fourth-order valence-electron chi connectivity index (χ4n) is 3.33. The van der Waals surface area contributed by atoms with E-state index in [0.717, 1.165) is 24.4 Å². The summed E-state index contributed by atoms with van der Waals surface area (Å²) >= 11 is 0. The molecule has 0 radical (unpaired) electrons. The number of sulfone groups is 1. The SMILES string of the molecule is O=C(O)C1CN(c2cccc3cc(S(=O)(=O)c4cccc(C(F)(F)F)c4)cnc23)C1. The average molecular weight is 436 g/mol. The fraction of sp³-hybridized carbons (Fsp3) is 0.200. The third-order valence-electron chi connectivity index (χ3n) is 5.02. The van der Waals surface area contributed by atoms with Crippen LogP contribution in [0.5, 0.6) is 0 Å². The van der Waals surface area contributed by atoms with Crippen LogP contribution in [0.1, 0.15) is 5.56 Å². The molecule has 1 fully saturated rings. The molecule has 2 aromatic carbocycles. The maximum atomic E-state index is 13.0. The highest BCUT2D eigenvalue weighted by Gasteiger charge is 2.34. The molecule has 4 rings (SSSR count). The number of aromatic nitrogens is 1. The van der Waals surface area contributed by atoms with Crippen molar-refractivity contribution in [2.24, 2.45) is 5.92 Å². The summed E-state index contributed by atoms with van der Waals surface area (Å²) in [6.07, 6.45) is -3.55. The minimum absolute atomic E-state index is 0.224. The first-order chi connectivity index (χ1) is 14.1. The zero-order chi connectivity index (χ0) is 21.7. The van der Waals surface area contributed by atoms with Crippen molar-refractivity contribution < 1.29 is 31.5 Å². The number of pyridine rings is 1. The molecule has 1 aliphatic heterocycles. The Labute approximate surface area is 169 Å². The van der Waals surface area contributed by atoms with Gasteiger partial charge in [-0.25, -0.2) is 8.42 Å². The number of para-hydroxylation sites is 1. The van der Waals surface area contributed by atoms with Crippen molar-refractivity contribution in [1.82, 2.24) is 4.98 Å². The second-order valence-electron chi connectivity index (χ2n) is 6.99. The molecule has 0 atom stereocenters. The third-order valence-corrected chi connectivity index (χ3v) is 6.74. The van der Waals surface area contributed by atoms with Gasteiger partial charge in [0.05, 0.1) is 32.5 Å². The van der Waals surface area contributed by atoms with Crippen LogP contribution in [0.25, 0.3) is 10.9 Å². The van der Waals surface area contributed by atoms with Crippen LogP contribution < -0.4 is 4.90 Å². The zero-order valence-electron chi connectivity index (χ0n) is 15.3. The number of hydrogen-bond donors (Lipinski definition) is 1. The summed E-state index contributed by atoms with van der Waals surface area (Å²) < 4.78 is 64.6. The Kier molecular flexibility index (Phi) is 4.69. The molecule has 6 nitrogen and oxygen atoms in total. The molecule has 3 aromatic rings. The molecule has 1 N–H and O–H groups in total. The van der Waals surface area contributed by atoms with Crippen molar-refractivity contribution in [3.8, 4) is 0 Å². The molecule has 10 heteroatoms. The van der Waals surface area contributed by atoms with E-state index in [0.29, 0.717) is 35.7 Å². The monoisotopic (exact) mass is 436 g/mol. The summed E-state index contributed by atoms with van der Waals surface area (Å²) in [6, 6.07) is 10.0. The summed E-state index contributed by atoms with van der Waals surface area (Å²) in [4.78, 5) is 16.4. The quantitative estimate of drug-likeness (QED) is 0.672. The van der Waals surface area contributed by atoms with E-state index in [1.54, 1.807) is 18.2 Å². The van der Waals surface area contributed by atoms with Crippen molar-refractivity contribution >= 4 is 32.4 Å². The first-order valence-corrected chi connectivity index (χ1v) is 10.3. The smallest absolute Gasteiger partial charge is 0.416 e. The molecule has 156 valence electrons. The lowest BCUT2D eigenvalue weighted by Gasteiger charge is -2.38. The van der Waals surface area contributed by atoms with Crippen molar-refractivity contribution in [3.63, 3.8) is 0 Å². The van der Waals surface area contributed by atoms with Gasteiger partial charge in [0, 0.05) is 24.7 Å². The molecule has 30 heavy (non-hydrogen) atoms. The Morgan fingerprint density at radius 2 is 1.77 bits per heavy atom. The van der Waals surface area contributed by atoms with E-state index in [1.165, 1.54) is 6.07 Å². The lowest BCUT2D eigenvalue weighted by atomic mass is 9.99. The molecule has 1 aromatic heterocycles. The number of anilines is 1. The molecular weight excluding hydrogens is 421 g/mol. The minimum Gasteiger partial charge on any atom is -0.481 e. The number of alkyl halides is 3. The molecule has 1 saturated heterocycles. The summed E-state index contributed by atoms with van der Waals surface area (Å²) in [7, 11) is -4.21. The number of carbonyl (C=O) groups is 1. The number of carboxylic acids is 1. The third kappa shape index (κ3) is 3.47. The van der Waals surface area contributed by atoms with Crippen LogP contribution in [0.2, 0.25) is 0 Å². The van der Waals surface area contributed by atoms with E-state index in [4.69, 9.17) is 5.11 Å². The van der Waals surface area contributed by atoms with Crippen molar-refractivity contribution in [2.45, 2.75) is 16.0 Å². The highest BCUT2D eigenvalue weighted by Crippen LogP contribution is 2.34. The normalized spacial score (nSPS) is 15.2. The zero-order valence-corrected chi connectivity index (χ0v) is 16.1. The van der Waals surface area contributed by atoms with Gasteiger partial charge in [0.15, 0.2) is 0 Å². The number of hydrogen-bond acceptors (Lipinski definition) is 5. The molecule has 2 heterocycles. The highest BCUT2D eigenvalue weighted by molar-refractivity contribution is 7.91. The van der Waals surface area contributed by atoms with E-state index < -0.39 is 38.4 Å². The molecule has 0 unspecified atom stereocenters. The molecule has 0 bridgehead atoms. The van der Waals surface area contributed by atoms with Gasteiger partial charge in [-0.2, -0.15) is 13.2 Å². The van der Waals surface area contributed by atoms with Gasteiger partial charge in [0.25, 0.3) is 0 Å². The topological polar surface area (TPSA) is 87.6 Å². The molecular formula is C20H15F3N2O4S. The number of halogens is 3. The van der Waals surface area contributed by atoms with E-state index in [9.17, 15) is 26.4 Å². The van der Waals surface area contributed by atoms with Gasteiger partial charge in [-0.15, -0.1) is 0 Å². The summed E-state index contributed by atoms with van der Waals surface area (Å²) in [5.74, 6) is -1.35. The van der Waals surface area contributed by atoms with E-state index in [-0.39, 0.29) is 4.90 Å². The molecule has 1 aliphatic rings. The van der Waals surface area contributed by atoms with Gasteiger partial charge in [-0.05, 0) is 30.3 Å². The number of fused-ring (bicyclic) bond motifs is 1. The largest absolute Gasteiger partial charge is 0.481 e. The lowest BCUT2D eigenvalue weighted by Crippen LogP contribution is -2.50. The van der Waals surface area contributed by atoms with E-state index in [1.807, 2.05) is 4.90 Å². The first kappa shape index (κ1) is 20.1. The van der Waals surface area contributed by atoms with Crippen molar-refractivity contribution in [3.05, 3.63) is 60.3 Å². The highest BCUT2D eigenvalue weighted by atomic mass is 32.2. The maximum absolute atomic E-state index is 13.0. The van der Waals surface area contributed by atoms with Gasteiger partial charge in [-0.1, -0.05) is 18.2 Å². The number of aliphatic carboxylic acids is 1. The molecule has 0 amide bonds. The van der Waals surface area contributed by atoms with Crippen molar-refractivity contribution in [1.29, 1.82) is 0 Å². The fourth-order valence-corrected chi connectivity index (χ4v) is 4.62. The Hall–Kier alpha value is -3.14. The standard InChI is InChI=1S/C20H15F3N2O4S/c21-20(22,23)14-4-2-5-15(8-14)30(28,29)16-7-12-3-1-6-17(18(12)24-9-16)25-10-13(11-25)19(26)27/h1-9,13H,10-11H2,(H,26,27). The number of rotatable bonds is 4. The molecule has 0 saturated carbocycles. The predicted octanol–water partition coefficient (Wildman–Crippen LogP) is 3.61. The average Bonchev–Trinajstić information content (AvgIpc) is 2.65. The lowest BCUT2D eigenvalue weighted by molar-refractivity contribution is -0.142. The van der Waals surface area contributed by atoms with E-state index >= 15 is 0 Å². The first-order valence-electron chi connectivity index (χ1n) is 8.86. The van der Waals surface area contributed by atoms with Gasteiger partial charge >= 0.3 is 12.1 Å². The van der Waals surface area contributed by atoms with Crippen LogP contribution in [0.4, 0.5) is 18.9 Å². The minimum atomic E-state index is -4.66.